The maximum absolute atomic E-state index is 13.5. The SMILES string of the molecule is COc1ccc(NC(=O)c2ccc(O)cc2C)cc1F. The maximum Gasteiger partial charge on any atom is 0.255 e. The average Bonchev–Trinajstić information content (AvgIpc) is 2.38. The van der Waals surface area contributed by atoms with Crippen molar-refractivity contribution in [2.45, 2.75) is 6.92 Å². The zero-order chi connectivity index (χ0) is 14.7. The predicted octanol–water partition coefficient (Wildman–Crippen LogP) is 3.10. The number of halogens is 1. The molecule has 0 aromatic heterocycles. The maximum atomic E-state index is 13.5. The number of aromatic hydroxyl groups is 1. The fourth-order valence-electron chi connectivity index (χ4n) is 1.85. The summed E-state index contributed by atoms with van der Waals surface area (Å²) in [5, 5.41) is 11.9. The summed E-state index contributed by atoms with van der Waals surface area (Å²) < 4.78 is 18.3. The minimum absolute atomic E-state index is 0.0922. The van der Waals surface area contributed by atoms with Crippen molar-refractivity contribution < 1.29 is 19.0 Å². The van der Waals surface area contributed by atoms with Crippen LogP contribution in [0.2, 0.25) is 0 Å². The first kappa shape index (κ1) is 13.9. The molecule has 0 aliphatic heterocycles. The highest BCUT2D eigenvalue weighted by Crippen LogP contribution is 2.22. The molecular formula is C15H14FNO3. The van der Waals surface area contributed by atoms with E-state index < -0.39 is 5.82 Å². The number of methoxy groups -OCH3 is 1. The molecule has 20 heavy (non-hydrogen) atoms. The van der Waals surface area contributed by atoms with E-state index >= 15 is 0 Å². The zero-order valence-electron chi connectivity index (χ0n) is 11.1. The van der Waals surface area contributed by atoms with Crippen molar-refractivity contribution in [2.24, 2.45) is 0 Å². The largest absolute Gasteiger partial charge is 0.508 e. The third kappa shape index (κ3) is 2.88. The highest BCUT2D eigenvalue weighted by atomic mass is 19.1. The molecule has 0 aliphatic rings. The molecule has 5 heteroatoms. The van der Waals surface area contributed by atoms with Gasteiger partial charge < -0.3 is 15.2 Å². The van der Waals surface area contributed by atoms with Gasteiger partial charge in [-0.25, -0.2) is 4.39 Å². The van der Waals surface area contributed by atoms with Gasteiger partial charge in [0.05, 0.1) is 7.11 Å². The molecule has 0 saturated heterocycles. The zero-order valence-corrected chi connectivity index (χ0v) is 11.1. The first-order valence-electron chi connectivity index (χ1n) is 5.96. The van der Waals surface area contributed by atoms with Gasteiger partial charge in [-0.3, -0.25) is 4.79 Å². The van der Waals surface area contributed by atoms with Crippen molar-refractivity contribution in [2.75, 3.05) is 12.4 Å². The molecule has 104 valence electrons. The fraction of sp³-hybridized carbons (Fsp3) is 0.133. The molecule has 0 radical (unpaired) electrons. The molecule has 2 aromatic rings. The predicted molar refractivity (Wildman–Crippen MR) is 73.7 cm³/mol. The normalized spacial score (nSPS) is 10.2. The summed E-state index contributed by atoms with van der Waals surface area (Å²) in [6, 6.07) is 8.61. The number of hydrogen-bond donors (Lipinski definition) is 2. The highest BCUT2D eigenvalue weighted by Gasteiger charge is 2.11. The summed E-state index contributed by atoms with van der Waals surface area (Å²) in [6.07, 6.45) is 0. The van der Waals surface area contributed by atoms with Gasteiger partial charge in [-0.1, -0.05) is 0 Å². The van der Waals surface area contributed by atoms with Gasteiger partial charge in [-0.15, -0.1) is 0 Å². The minimum Gasteiger partial charge on any atom is -0.508 e. The van der Waals surface area contributed by atoms with Gasteiger partial charge >= 0.3 is 0 Å². The third-order valence-electron chi connectivity index (χ3n) is 2.86. The van der Waals surface area contributed by atoms with Gasteiger partial charge in [0, 0.05) is 17.3 Å². The number of nitrogens with one attached hydrogen (secondary N) is 1. The molecule has 0 saturated carbocycles. The Bertz CT molecular complexity index is 656. The number of amides is 1. The van der Waals surface area contributed by atoms with Crippen molar-refractivity contribution in [1.82, 2.24) is 0 Å². The number of rotatable bonds is 3. The smallest absolute Gasteiger partial charge is 0.255 e. The lowest BCUT2D eigenvalue weighted by atomic mass is 10.1. The Morgan fingerprint density at radius 1 is 1.25 bits per heavy atom. The Hall–Kier alpha value is -2.56. The number of aryl methyl sites for hydroxylation is 1. The van der Waals surface area contributed by atoms with E-state index in [1.54, 1.807) is 13.0 Å². The second-order valence-corrected chi connectivity index (χ2v) is 4.30. The number of carbonyl (C=O) groups excluding carboxylic acids is 1. The van der Waals surface area contributed by atoms with Gasteiger partial charge in [-0.05, 0) is 42.8 Å². The number of benzene rings is 2. The van der Waals surface area contributed by atoms with E-state index in [9.17, 15) is 14.3 Å². The van der Waals surface area contributed by atoms with Gasteiger partial charge in [0.25, 0.3) is 5.91 Å². The van der Waals surface area contributed by atoms with Crippen LogP contribution in [0, 0.1) is 12.7 Å². The molecule has 0 bridgehead atoms. The van der Waals surface area contributed by atoms with E-state index in [0.717, 1.165) is 0 Å². The average molecular weight is 275 g/mol. The van der Waals surface area contributed by atoms with E-state index in [2.05, 4.69) is 5.32 Å². The van der Waals surface area contributed by atoms with E-state index in [1.165, 1.54) is 37.4 Å². The number of carbonyl (C=O) groups is 1. The molecule has 2 N–H and O–H groups in total. The van der Waals surface area contributed by atoms with Crippen LogP contribution in [-0.4, -0.2) is 18.1 Å². The molecule has 0 spiro atoms. The van der Waals surface area contributed by atoms with Crippen LogP contribution in [0.4, 0.5) is 10.1 Å². The lowest BCUT2D eigenvalue weighted by Gasteiger charge is -2.09. The Morgan fingerprint density at radius 2 is 2.00 bits per heavy atom. The number of phenols is 1. The highest BCUT2D eigenvalue weighted by molar-refractivity contribution is 6.05. The van der Waals surface area contributed by atoms with E-state index in [4.69, 9.17) is 4.74 Å². The fourth-order valence-corrected chi connectivity index (χ4v) is 1.85. The van der Waals surface area contributed by atoms with Gasteiger partial charge in [-0.2, -0.15) is 0 Å². The summed E-state index contributed by atoms with van der Waals surface area (Å²) in [5.41, 5.74) is 1.39. The van der Waals surface area contributed by atoms with Crippen LogP contribution < -0.4 is 10.1 Å². The molecule has 0 atom stereocenters. The van der Waals surface area contributed by atoms with Crippen LogP contribution in [0.15, 0.2) is 36.4 Å². The van der Waals surface area contributed by atoms with Crippen LogP contribution >= 0.6 is 0 Å². The van der Waals surface area contributed by atoms with E-state index in [-0.39, 0.29) is 17.4 Å². The van der Waals surface area contributed by atoms with Crippen molar-refractivity contribution in [3.63, 3.8) is 0 Å². The summed E-state index contributed by atoms with van der Waals surface area (Å²) in [7, 11) is 1.37. The monoisotopic (exact) mass is 275 g/mol. The molecule has 0 fully saturated rings. The van der Waals surface area contributed by atoms with Gasteiger partial charge in [0.15, 0.2) is 11.6 Å². The summed E-state index contributed by atoms with van der Waals surface area (Å²) in [6.45, 7) is 1.71. The van der Waals surface area contributed by atoms with E-state index in [1.807, 2.05) is 0 Å². The van der Waals surface area contributed by atoms with Crippen LogP contribution in [0.3, 0.4) is 0 Å². The van der Waals surface area contributed by atoms with Crippen molar-refractivity contribution in [3.05, 3.63) is 53.3 Å². The quantitative estimate of drug-likeness (QED) is 0.905. The minimum atomic E-state index is -0.548. The molecule has 0 aliphatic carbocycles. The first-order chi connectivity index (χ1) is 9.51. The second kappa shape index (κ2) is 5.61. The topological polar surface area (TPSA) is 58.6 Å². The Kier molecular flexibility index (Phi) is 3.89. The summed E-state index contributed by atoms with van der Waals surface area (Å²) in [4.78, 5) is 12.1. The Labute approximate surface area is 115 Å². The van der Waals surface area contributed by atoms with Crippen LogP contribution in [0.1, 0.15) is 15.9 Å². The third-order valence-corrected chi connectivity index (χ3v) is 2.86. The van der Waals surface area contributed by atoms with Gasteiger partial charge in [0.2, 0.25) is 0 Å². The number of hydrogen-bond acceptors (Lipinski definition) is 3. The molecule has 4 nitrogen and oxygen atoms in total. The summed E-state index contributed by atoms with van der Waals surface area (Å²) >= 11 is 0. The summed E-state index contributed by atoms with van der Waals surface area (Å²) in [5.74, 6) is -0.710. The lowest BCUT2D eigenvalue weighted by molar-refractivity contribution is 0.102. The van der Waals surface area contributed by atoms with Crippen molar-refractivity contribution in [3.8, 4) is 11.5 Å². The Balaban J connectivity index is 2.21. The molecular weight excluding hydrogens is 261 g/mol. The number of ether oxygens (including phenoxy) is 1. The molecule has 2 rings (SSSR count). The number of phenolic OH excluding ortho intramolecular Hbond substituents is 1. The van der Waals surface area contributed by atoms with Gasteiger partial charge in [0.1, 0.15) is 5.75 Å². The lowest BCUT2D eigenvalue weighted by Crippen LogP contribution is -2.13. The molecule has 1 amide bonds. The first-order valence-corrected chi connectivity index (χ1v) is 5.96. The van der Waals surface area contributed by atoms with Crippen molar-refractivity contribution in [1.29, 1.82) is 0 Å². The van der Waals surface area contributed by atoms with Crippen LogP contribution in [0.25, 0.3) is 0 Å². The van der Waals surface area contributed by atoms with E-state index in [0.29, 0.717) is 16.8 Å². The Morgan fingerprint density at radius 3 is 2.60 bits per heavy atom. The molecule has 2 aromatic carbocycles. The molecule has 0 heterocycles. The van der Waals surface area contributed by atoms with Crippen LogP contribution in [-0.2, 0) is 0 Å². The standard InChI is InChI=1S/C15H14FNO3/c1-9-7-11(18)4-5-12(9)15(19)17-10-3-6-14(20-2)13(16)8-10/h3-8,18H,1-2H3,(H,17,19). The molecule has 0 unspecified atom stereocenters. The second-order valence-electron chi connectivity index (χ2n) is 4.30. The van der Waals surface area contributed by atoms with Crippen molar-refractivity contribution >= 4 is 11.6 Å². The van der Waals surface area contributed by atoms with Crippen LogP contribution in [0.5, 0.6) is 11.5 Å². The number of anilines is 1.